The van der Waals surface area contributed by atoms with Crippen molar-refractivity contribution in [2.45, 2.75) is 25.6 Å². The van der Waals surface area contributed by atoms with Gasteiger partial charge in [0.1, 0.15) is 0 Å². The lowest BCUT2D eigenvalue weighted by molar-refractivity contribution is -0.137. The highest BCUT2D eigenvalue weighted by Gasteiger charge is 2.31. The summed E-state index contributed by atoms with van der Waals surface area (Å²) in [6.45, 7) is 2.06. The minimum absolute atomic E-state index is 0.150. The van der Waals surface area contributed by atoms with Crippen molar-refractivity contribution in [1.82, 2.24) is 15.0 Å². The molecule has 1 aromatic heterocycles. The van der Waals surface area contributed by atoms with E-state index in [1.165, 1.54) is 26.4 Å². The number of rotatable bonds is 9. The van der Waals surface area contributed by atoms with Gasteiger partial charge in [-0.15, -0.1) is 0 Å². The van der Waals surface area contributed by atoms with Crippen LogP contribution in [0.25, 0.3) is 11.4 Å². The van der Waals surface area contributed by atoms with Crippen LogP contribution in [0.5, 0.6) is 11.5 Å². The topological polar surface area (TPSA) is 77.7 Å². The molecule has 4 aromatic rings. The number of hydrogen-bond acceptors (Lipinski definition) is 6. The zero-order chi connectivity index (χ0) is 27.3. The van der Waals surface area contributed by atoms with Gasteiger partial charge in [-0.1, -0.05) is 35.5 Å². The molecule has 0 saturated heterocycles. The van der Waals surface area contributed by atoms with E-state index in [0.717, 1.165) is 17.7 Å². The lowest BCUT2D eigenvalue weighted by Crippen LogP contribution is -2.35. The molecule has 0 fully saturated rings. The molecule has 0 N–H and O–H groups in total. The van der Waals surface area contributed by atoms with E-state index in [4.69, 9.17) is 14.0 Å². The predicted octanol–water partition coefficient (Wildman–Crippen LogP) is 6.22. The fraction of sp³-hybridized carbons (Fsp3) is 0.250. The SMILES string of the molecule is COc1ccc(-c2noc(CCN(C(=O)c3ccc(C(F)(F)F)cc3)C(C)c3ccccc3)n2)cc1OC. The van der Waals surface area contributed by atoms with E-state index >= 15 is 0 Å². The minimum atomic E-state index is -4.48. The van der Waals surface area contributed by atoms with Crippen LogP contribution in [0.1, 0.15) is 40.3 Å². The first-order valence-electron chi connectivity index (χ1n) is 11.8. The fourth-order valence-electron chi connectivity index (χ4n) is 4.02. The van der Waals surface area contributed by atoms with Gasteiger partial charge in [0.25, 0.3) is 5.91 Å². The van der Waals surface area contributed by atoms with Crippen molar-refractivity contribution < 1.29 is 32.0 Å². The van der Waals surface area contributed by atoms with Crippen molar-refractivity contribution >= 4 is 5.91 Å². The molecular formula is C28H26F3N3O4. The summed E-state index contributed by atoms with van der Waals surface area (Å²) in [5, 5.41) is 4.04. The Hall–Kier alpha value is -4.34. The molecule has 7 nitrogen and oxygen atoms in total. The van der Waals surface area contributed by atoms with Crippen molar-refractivity contribution in [3.63, 3.8) is 0 Å². The van der Waals surface area contributed by atoms with Crippen LogP contribution in [0, 0.1) is 0 Å². The van der Waals surface area contributed by atoms with Gasteiger partial charge in [-0.3, -0.25) is 4.79 Å². The molecule has 0 spiro atoms. The van der Waals surface area contributed by atoms with Crippen LogP contribution in [0.2, 0.25) is 0 Å². The Bertz CT molecular complexity index is 1370. The Balaban J connectivity index is 1.56. The van der Waals surface area contributed by atoms with E-state index in [-0.39, 0.29) is 24.6 Å². The quantitative estimate of drug-likeness (QED) is 0.258. The second-order valence-electron chi connectivity index (χ2n) is 8.49. The second-order valence-corrected chi connectivity index (χ2v) is 8.49. The molecule has 4 rings (SSSR count). The first-order valence-corrected chi connectivity index (χ1v) is 11.8. The number of benzene rings is 3. The normalized spacial score (nSPS) is 12.2. The number of ether oxygens (including phenoxy) is 2. The monoisotopic (exact) mass is 525 g/mol. The number of nitrogens with zero attached hydrogens (tertiary/aromatic N) is 3. The molecule has 3 aromatic carbocycles. The van der Waals surface area contributed by atoms with Crippen LogP contribution < -0.4 is 9.47 Å². The molecule has 1 amide bonds. The number of methoxy groups -OCH3 is 2. The number of carbonyl (C=O) groups is 1. The number of aromatic nitrogens is 2. The smallest absolute Gasteiger partial charge is 0.416 e. The Morgan fingerprint density at radius 2 is 1.66 bits per heavy atom. The summed E-state index contributed by atoms with van der Waals surface area (Å²) < 4.78 is 55.0. The van der Waals surface area contributed by atoms with Crippen LogP contribution in [-0.2, 0) is 12.6 Å². The van der Waals surface area contributed by atoms with Gasteiger partial charge in [0.05, 0.1) is 25.8 Å². The highest BCUT2D eigenvalue weighted by Crippen LogP contribution is 2.32. The summed E-state index contributed by atoms with van der Waals surface area (Å²) in [5.74, 6) is 1.32. The van der Waals surface area contributed by atoms with Crippen molar-refractivity contribution in [3.8, 4) is 22.9 Å². The summed E-state index contributed by atoms with van der Waals surface area (Å²) in [5.41, 5.74) is 0.875. The molecule has 198 valence electrons. The van der Waals surface area contributed by atoms with Gasteiger partial charge in [0.15, 0.2) is 11.5 Å². The third-order valence-electron chi connectivity index (χ3n) is 6.15. The Kier molecular flexibility index (Phi) is 7.99. The standard InChI is InChI=1S/C28H26F3N3O4/c1-18(19-7-5-4-6-8-19)34(27(35)20-9-12-22(13-10-20)28(29,30)31)16-15-25-32-26(33-38-25)21-11-14-23(36-2)24(17-21)37-3/h4-14,17-18H,15-16H2,1-3H3. The number of amides is 1. The van der Waals surface area contributed by atoms with Gasteiger partial charge in [0.2, 0.25) is 11.7 Å². The molecule has 10 heteroatoms. The average Bonchev–Trinajstić information content (AvgIpc) is 3.41. The Morgan fingerprint density at radius 3 is 2.29 bits per heavy atom. The second kappa shape index (κ2) is 11.4. The maximum absolute atomic E-state index is 13.5. The van der Waals surface area contributed by atoms with Crippen molar-refractivity contribution in [1.29, 1.82) is 0 Å². The van der Waals surface area contributed by atoms with Crippen molar-refractivity contribution in [3.05, 3.63) is 95.4 Å². The van der Waals surface area contributed by atoms with Crippen LogP contribution in [0.15, 0.2) is 77.3 Å². The summed E-state index contributed by atoms with van der Waals surface area (Å²) in [6.07, 6.45) is -4.24. The number of alkyl halides is 3. The van der Waals surface area contributed by atoms with Gasteiger partial charge >= 0.3 is 6.18 Å². The Labute approximate surface area is 217 Å². The van der Waals surface area contributed by atoms with Crippen LogP contribution in [0.3, 0.4) is 0 Å². The molecule has 1 atom stereocenters. The largest absolute Gasteiger partial charge is 0.493 e. The van der Waals surface area contributed by atoms with Gasteiger partial charge in [-0.2, -0.15) is 18.2 Å². The van der Waals surface area contributed by atoms with Gasteiger partial charge in [-0.05, 0) is 55.0 Å². The highest BCUT2D eigenvalue weighted by atomic mass is 19.4. The third-order valence-corrected chi connectivity index (χ3v) is 6.15. The summed E-state index contributed by atoms with van der Waals surface area (Å²) in [6, 6.07) is 18.4. The lowest BCUT2D eigenvalue weighted by atomic mass is 10.0. The molecule has 0 aliphatic heterocycles. The number of hydrogen-bond donors (Lipinski definition) is 0. The van der Waals surface area contributed by atoms with Gasteiger partial charge in [-0.25, -0.2) is 0 Å². The first-order chi connectivity index (χ1) is 18.2. The van der Waals surface area contributed by atoms with Gasteiger partial charge < -0.3 is 18.9 Å². The van der Waals surface area contributed by atoms with Crippen molar-refractivity contribution in [2.24, 2.45) is 0 Å². The first kappa shape index (κ1) is 26.7. The molecule has 0 saturated carbocycles. The molecular weight excluding hydrogens is 499 g/mol. The van der Waals surface area contributed by atoms with E-state index in [1.807, 2.05) is 37.3 Å². The summed E-state index contributed by atoms with van der Waals surface area (Å²) in [4.78, 5) is 19.5. The third kappa shape index (κ3) is 5.96. The van der Waals surface area contributed by atoms with Crippen molar-refractivity contribution in [2.75, 3.05) is 20.8 Å². The van der Waals surface area contributed by atoms with Crippen LogP contribution in [0.4, 0.5) is 13.2 Å². The van der Waals surface area contributed by atoms with Crippen LogP contribution >= 0.6 is 0 Å². The van der Waals surface area contributed by atoms with Gasteiger partial charge in [0, 0.05) is 24.1 Å². The Morgan fingerprint density at radius 1 is 0.974 bits per heavy atom. The molecule has 1 heterocycles. The molecule has 38 heavy (non-hydrogen) atoms. The maximum Gasteiger partial charge on any atom is 0.416 e. The zero-order valence-electron chi connectivity index (χ0n) is 21.0. The fourth-order valence-corrected chi connectivity index (χ4v) is 4.02. The lowest BCUT2D eigenvalue weighted by Gasteiger charge is -2.29. The molecule has 0 aliphatic carbocycles. The van der Waals surface area contributed by atoms with E-state index in [0.29, 0.717) is 28.8 Å². The van der Waals surface area contributed by atoms with E-state index in [9.17, 15) is 18.0 Å². The van der Waals surface area contributed by atoms with Crippen LogP contribution in [-0.4, -0.2) is 41.7 Å². The average molecular weight is 526 g/mol. The minimum Gasteiger partial charge on any atom is -0.493 e. The predicted molar refractivity (Wildman–Crippen MR) is 134 cm³/mol. The van der Waals surface area contributed by atoms with E-state index in [1.54, 1.807) is 23.1 Å². The molecule has 0 aliphatic rings. The molecule has 0 bridgehead atoms. The number of carbonyl (C=O) groups excluding carboxylic acids is 1. The number of halogens is 3. The zero-order valence-corrected chi connectivity index (χ0v) is 21.0. The highest BCUT2D eigenvalue weighted by molar-refractivity contribution is 5.94. The summed E-state index contributed by atoms with van der Waals surface area (Å²) in [7, 11) is 3.07. The van der Waals surface area contributed by atoms with E-state index in [2.05, 4.69) is 10.1 Å². The maximum atomic E-state index is 13.5. The molecule has 0 radical (unpaired) electrons. The summed E-state index contributed by atoms with van der Waals surface area (Å²) >= 11 is 0. The molecule has 1 unspecified atom stereocenters. The van der Waals surface area contributed by atoms with E-state index < -0.39 is 17.6 Å².